The van der Waals surface area contributed by atoms with Crippen LogP contribution in [0.3, 0.4) is 0 Å². The van der Waals surface area contributed by atoms with Crippen LogP contribution in [0.2, 0.25) is 0 Å². The van der Waals surface area contributed by atoms with Crippen LogP contribution in [0.4, 0.5) is 15.8 Å². The minimum atomic E-state index is -3.96. The molecule has 144 valence electrons. The first-order chi connectivity index (χ1) is 12.7. The van der Waals surface area contributed by atoms with Crippen LogP contribution < -0.4 is 10.2 Å². The van der Waals surface area contributed by atoms with Gasteiger partial charge in [-0.3, -0.25) is 9.59 Å². The summed E-state index contributed by atoms with van der Waals surface area (Å²) < 4.78 is 37.4. The topological polar surface area (TPSA) is 83.6 Å². The summed E-state index contributed by atoms with van der Waals surface area (Å²) >= 11 is 0. The highest BCUT2D eigenvalue weighted by molar-refractivity contribution is 7.92. The third-order valence-corrected chi connectivity index (χ3v) is 5.14. The predicted molar refractivity (Wildman–Crippen MR) is 103 cm³/mol. The molecule has 0 spiro atoms. The van der Waals surface area contributed by atoms with Crippen molar-refractivity contribution in [3.63, 3.8) is 0 Å². The zero-order valence-corrected chi connectivity index (χ0v) is 15.9. The summed E-state index contributed by atoms with van der Waals surface area (Å²) in [6.45, 7) is 3.92. The number of anilines is 2. The molecule has 8 heteroatoms. The Kier molecular flexibility index (Phi) is 6.68. The Morgan fingerprint density at radius 1 is 1.07 bits per heavy atom. The van der Waals surface area contributed by atoms with E-state index in [0.717, 1.165) is 17.7 Å². The van der Waals surface area contributed by atoms with Crippen molar-refractivity contribution in [2.75, 3.05) is 28.3 Å². The lowest BCUT2D eigenvalue weighted by Gasteiger charge is -2.21. The molecule has 0 bridgehead atoms. The summed E-state index contributed by atoms with van der Waals surface area (Å²) in [4.78, 5) is 25.8. The van der Waals surface area contributed by atoms with Crippen LogP contribution in [-0.4, -0.2) is 38.3 Å². The van der Waals surface area contributed by atoms with Crippen LogP contribution in [0.5, 0.6) is 0 Å². The molecule has 6 nitrogen and oxygen atoms in total. The molecule has 0 aliphatic rings. The number of amides is 2. The average molecular weight is 392 g/mol. The summed E-state index contributed by atoms with van der Waals surface area (Å²) in [7, 11) is -3.96. The van der Waals surface area contributed by atoms with Crippen LogP contribution in [-0.2, 0) is 19.4 Å². The molecule has 0 unspecified atom stereocenters. The Labute approximate surface area is 157 Å². The molecule has 1 N–H and O–H groups in total. The van der Waals surface area contributed by atoms with Crippen molar-refractivity contribution in [1.82, 2.24) is 0 Å². The zero-order valence-electron chi connectivity index (χ0n) is 15.1. The molecular weight excluding hydrogens is 371 g/mol. The first-order valence-electron chi connectivity index (χ1n) is 8.33. The van der Waals surface area contributed by atoms with E-state index in [4.69, 9.17) is 0 Å². The van der Waals surface area contributed by atoms with Gasteiger partial charge in [-0.05, 0) is 55.8 Å². The SMILES string of the molecule is CCN(C(=O)CS(=O)(=O)CC(=O)Nc1ccc(F)cc1)c1cccc(C)c1. The Hall–Kier alpha value is -2.74. The highest BCUT2D eigenvalue weighted by Crippen LogP contribution is 2.16. The number of hydrogen-bond donors (Lipinski definition) is 1. The molecule has 0 fully saturated rings. The molecule has 0 radical (unpaired) electrons. The fraction of sp³-hybridized carbons (Fsp3) is 0.263. The lowest BCUT2D eigenvalue weighted by molar-refractivity contribution is -0.116. The maximum Gasteiger partial charge on any atom is 0.242 e. The van der Waals surface area contributed by atoms with Crippen molar-refractivity contribution < 1.29 is 22.4 Å². The number of benzene rings is 2. The van der Waals surface area contributed by atoms with Crippen molar-refractivity contribution in [3.05, 3.63) is 59.9 Å². The van der Waals surface area contributed by atoms with Crippen LogP contribution in [0.1, 0.15) is 12.5 Å². The van der Waals surface area contributed by atoms with E-state index in [1.807, 2.05) is 13.0 Å². The van der Waals surface area contributed by atoms with Gasteiger partial charge in [-0.25, -0.2) is 12.8 Å². The lowest BCUT2D eigenvalue weighted by Crippen LogP contribution is -2.37. The van der Waals surface area contributed by atoms with Gasteiger partial charge in [0.15, 0.2) is 9.84 Å². The molecule has 27 heavy (non-hydrogen) atoms. The quantitative estimate of drug-likeness (QED) is 0.785. The number of hydrogen-bond acceptors (Lipinski definition) is 4. The highest BCUT2D eigenvalue weighted by Gasteiger charge is 2.24. The molecule has 0 saturated carbocycles. The zero-order chi connectivity index (χ0) is 20.0. The lowest BCUT2D eigenvalue weighted by atomic mass is 10.2. The van der Waals surface area contributed by atoms with E-state index in [-0.39, 0.29) is 5.69 Å². The maximum atomic E-state index is 12.9. The second kappa shape index (κ2) is 8.77. The normalized spacial score (nSPS) is 11.1. The van der Waals surface area contributed by atoms with E-state index < -0.39 is 39.0 Å². The van der Waals surface area contributed by atoms with Gasteiger partial charge in [-0.2, -0.15) is 0 Å². The third-order valence-electron chi connectivity index (χ3n) is 3.75. The van der Waals surface area contributed by atoms with Gasteiger partial charge in [0.25, 0.3) is 0 Å². The van der Waals surface area contributed by atoms with Gasteiger partial charge in [0, 0.05) is 17.9 Å². The molecule has 2 aromatic rings. The molecule has 0 saturated heterocycles. The summed E-state index contributed by atoms with van der Waals surface area (Å²) in [5, 5.41) is 2.37. The summed E-state index contributed by atoms with van der Waals surface area (Å²) in [5.74, 6) is -3.46. The van der Waals surface area contributed by atoms with Crippen LogP contribution >= 0.6 is 0 Å². The molecule has 0 heterocycles. The van der Waals surface area contributed by atoms with E-state index >= 15 is 0 Å². The monoisotopic (exact) mass is 392 g/mol. The highest BCUT2D eigenvalue weighted by atomic mass is 32.2. The van der Waals surface area contributed by atoms with Crippen molar-refractivity contribution in [3.8, 4) is 0 Å². The van der Waals surface area contributed by atoms with E-state index in [2.05, 4.69) is 5.32 Å². The third kappa shape index (κ3) is 6.18. The predicted octanol–water partition coefficient (Wildman–Crippen LogP) is 2.54. The fourth-order valence-electron chi connectivity index (χ4n) is 2.55. The number of sulfone groups is 1. The number of aryl methyl sites for hydroxylation is 1. The number of rotatable bonds is 7. The summed E-state index contributed by atoms with van der Waals surface area (Å²) in [6.07, 6.45) is 0. The first-order valence-corrected chi connectivity index (χ1v) is 10.1. The van der Waals surface area contributed by atoms with Gasteiger partial charge < -0.3 is 10.2 Å². The van der Waals surface area contributed by atoms with Crippen molar-refractivity contribution in [2.24, 2.45) is 0 Å². The van der Waals surface area contributed by atoms with Crippen LogP contribution in [0, 0.1) is 12.7 Å². The van der Waals surface area contributed by atoms with Crippen molar-refractivity contribution in [2.45, 2.75) is 13.8 Å². The number of nitrogens with zero attached hydrogens (tertiary/aromatic N) is 1. The molecule has 0 aliphatic heterocycles. The maximum absolute atomic E-state index is 12.9. The average Bonchev–Trinajstić information content (AvgIpc) is 2.56. The molecule has 0 aliphatic carbocycles. The largest absolute Gasteiger partial charge is 0.325 e. The minimum absolute atomic E-state index is 0.276. The smallest absolute Gasteiger partial charge is 0.242 e. The van der Waals surface area contributed by atoms with Gasteiger partial charge in [0.1, 0.15) is 17.3 Å². The fourth-order valence-corrected chi connectivity index (χ4v) is 3.65. The molecule has 2 amide bonds. The molecule has 2 aromatic carbocycles. The van der Waals surface area contributed by atoms with E-state index in [0.29, 0.717) is 12.2 Å². The number of halogens is 1. The summed E-state index contributed by atoms with van der Waals surface area (Å²) in [5.41, 5.74) is 1.83. The Morgan fingerprint density at radius 3 is 2.33 bits per heavy atom. The second-order valence-electron chi connectivity index (χ2n) is 6.06. The molecule has 0 atom stereocenters. The van der Waals surface area contributed by atoms with E-state index in [1.165, 1.54) is 17.0 Å². The van der Waals surface area contributed by atoms with Gasteiger partial charge in [0.2, 0.25) is 11.8 Å². The molecular formula is C19H21FN2O4S. The van der Waals surface area contributed by atoms with Gasteiger partial charge >= 0.3 is 0 Å². The second-order valence-corrected chi connectivity index (χ2v) is 8.13. The Morgan fingerprint density at radius 2 is 1.74 bits per heavy atom. The van der Waals surface area contributed by atoms with Crippen molar-refractivity contribution >= 4 is 33.0 Å². The molecule has 0 aromatic heterocycles. The number of carbonyl (C=O) groups excluding carboxylic acids is 2. The first kappa shape index (κ1) is 20.6. The van der Waals surface area contributed by atoms with Gasteiger partial charge in [-0.1, -0.05) is 12.1 Å². The van der Waals surface area contributed by atoms with Gasteiger partial charge in [-0.15, -0.1) is 0 Å². The summed E-state index contributed by atoms with van der Waals surface area (Å²) in [6, 6.07) is 12.1. The minimum Gasteiger partial charge on any atom is -0.325 e. The van der Waals surface area contributed by atoms with Crippen LogP contribution in [0.15, 0.2) is 48.5 Å². The van der Waals surface area contributed by atoms with Crippen LogP contribution in [0.25, 0.3) is 0 Å². The van der Waals surface area contributed by atoms with E-state index in [9.17, 15) is 22.4 Å². The number of nitrogens with one attached hydrogen (secondary N) is 1. The Bertz CT molecular complexity index is 927. The van der Waals surface area contributed by atoms with Crippen molar-refractivity contribution in [1.29, 1.82) is 0 Å². The Balaban J connectivity index is 2.02. The molecule has 2 rings (SSSR count). The standard InChI is InChI=1S/C19H21FN2O4S/c1-3-22(17-6-4-5-14(2)11-17)19(24)13-27(25,26)12-18(23)21-16-9-7-15(20)8-10-16/h4-11H,3,12-13H2,1-2H3,(H,21,23). The van der Waals surface area contributed by atoms with E-state index in [1.54, 1.807) is 25.1 Å². The van der Waals surface area contributed by atoms with Gasteiger partial charge in [0.05, 0.1) is 0 Å². The number of carbonyl (C=O) groups is 2.